The van der Waals surface area contributed by atoms with Crippen molar-refractivity contribution in [2.75, 3.05) is 52.0 Å². The van der Waals surface area contributed by atoms with Gasteiger partial charge in [0.05, 0.1) is 33.0 Å². The predicted octanol–water partition coefficient (Wildman–Crippen LogP) is 2.20. The van der Waals surface area contributed by atoms with Gasteiger partial charge in [-0.2, -0.15) is 0 Å². The first-order valence-corrected chi connectivity index (χ1v) is 6.18. The molecule has 0 heterocycles. The van der Waals surface area contributed by atoms with Crippen molar-refractivity contribution in [3.05, 3.63) is 29.6 Å². The summed E-state index contributed by atoms with van der Waals surface area (Å²) in [5, 5.41) is 2.73. The van der Waals surface area contributed by atoms with Crippen molar-refractivity contribution in [2.45, 2.75) is 0 Å². The number of anilines is 1. The molecule has 0 radical (unpaired) electrons. The Morgan fingerprint density at radius 2 is 1.45 bits per heavy atom. The topological polar surface area (TPSA) is 39.7 Å². The minimum atomic E-state index is -1.47. The molecule has 20 heavy (non-hydrogen) atoms. The summed E-state index contributed by atoms with van der Waals surface area (Å²) in [6.07, 6.45) is 0. The van der Waals surface area contributed by atoms with Gasteiger partial charge in [0, 0.05) is 31.5 Å². The SMILES string of the molecule is COCCOCCOCCNc1cc(F)c(F)c(F)c1. The number of ether oxygens (including phenoxy) is 3. The molecule has 0 atom stereocenters. The van der Waals surface area contributed by atoms with E-state index in [1.807, 2.05) is 0 Å². The molecule has 1 aromatic carbocycles. The van der Waals surface area contributed by atoms with Crippen molar-refractivity contribution in [1.29, 1.82) is 0 Å². The fourth-order valence-corrected chi connectivity index (χ4v) is 1.39. The molecule has 1 rings (SSSR count). The Bertz CT molecular complexity index is 381. The summed E-state index contributed by atoms with van der Waals surface area (Å²) >= 11 is 0. The Balaban J connectivity index is 2.10. The normalized spacial score (nSPS) is 10.8. The Morgan fingerprint density at radius 1 is 0.900 bits per heavy atom. The van der Waals surface area contributed by atoms with Crippen LogP contribution in [0.2, 0.25) is 0 Å². The Labute approximate surface area is 115 Å². The quantitative estimate of drug-likeness (QED) is 0.530. The van der Waals surface area contributed by atoms with Gasteiger partial charge in [-0.1, -0.05) is 0 Å². The van der Waals surface area contributed by atoms with Gasteiger partial charge in [-0.25, -0.2) is 13.2 Å². The molecule has 0 saturated heterocycles. The molecule has 0 aromatic heterocycles. The molecule has 0 aliphatic rings. The zero-order valence-corrected chi connectivity index (χ0v) is 11.3. The van der Waals surface area contributed by atoms with Gasteiger partial charge in [0.15, 0.2) is 17.5 Å². The number of benzene rings is 1. The van der Waals surface area contributed by atoms with Crippen LogP contribution in [0, 0.1) is 17.5 Å². The third kappa shape index (κ3) is 6.23. The molecule has 0 aliphatic heterocycles. The summed E-state index contributed by atoms with van der Waals surface area (Å²) in [7, 11) is 1.59. The second kappa shape index (κ2) is 9.57. The minimum absolute atomic E-state index is 0.168. The third-order valence-electron chi connectivity index (χ3n) is 2.36. The van der Waals surface area contributed by atoms with Crippen LogP contribution < -0.4 is 5.32 Å². The highest BCUT2D eigenvalue weighted by Crippen LogP contribution is 2.16. The fourth-order valence-electron chi connectivity index (χ4n) is 1.39. The van der Waals surface area contributed by atoms with E-state index in [-0.39, 0.29) is 5.69 Å². The van der Waals surface area contributed by atoms with Crippen LogP contribution in [0.25, 0.3) is 0 Å². The summed E-state index contributed by atoms with van der Waals surface area (Å²) in [5.74, 6) is -3.92. The molecule has 0 spiro atoms. The Morgan fingerprint density at radius 3 is 2.05 bits per heavy atom. The first kappa shape index (κ1) is 16.7. The second-order valence-electron chi connectivity index (χ2n) is 3.90. The number of halogens is 3. The largest absolute Gasteiger partial charge is 0.383 e. The lowest BCUT2D eigenvalue weighted by atomic mass is 10.3. The standard InChI is InChI=1S/C13H18F3NO3/c1-18-4-5-20-7-6-19-3-2-17-10-8-11(14)13(16)12(15)9-10/h8-9,17H,2-7H2,1H3. The third-order valence-corrected chi connectivity index (χ3v) is 2.36. The molecule has 1 aromatic rings. The molecule has 0 saturated carbocycles. The maximum absolute atomic E-state index is 12.9. The van der Waals surface area contributed by atoms with E-state index >= 15 is 0 Å². The molecule has 0 fully saturated rings. The van der Waals surface area contributed by atoms with Gasteiger partial charge in [-0.15, -0.1) is 0 Å². The second-order valence-corrected chi connectivity index (χ2v) is 3.90. The monoisotopic (exact) mass is 293 g/mol. The highest BCUT2D eigenvalue weighted by molar-refractivity contribution is 5.44. The van der Waals surface area contributed by atoms with Crippen LogP contribution in [0.1, 0.15) is 0 Å². The van der Waals surface area contributed by atoms with Gasteiger partial charge in [-0.05, 0) is 0 Å². The first-order chi connectivity index (χ1) is 9.65. The molecule has 4 nitrogen and oxygen atoms in total. The van der Waals surface area contributed by atoms with E-state index in [0.717, 1.165) is 12.1 Å². The molecule has 1 N–H and O–H groups in total. The zero-order chi connectivity index (χ0) is 14.8. The van der Waals surface area contributed by atoms with E-state index in [2.05, 4.69) is 5.32 Å². The van der Waals surface area contributed by atoms with Crippen molar-refractivity contribution < 1.29 is 27.4 Å². The van der Waals surface area contributed by atoms with E-state index < -0.39 is 17.5 Å². The molecule has 114 valence electrons. The molecular weight excluding hydrogens is 275 g/mol. The first-order valence-electron chi connectivity index (χ1n) is 6.18. The van der Waals surface area contributed by atoms with Gasteiger partial charge in [-0.3, -0.25) is 0 Å². The van der Waals surface area contributed by atoms with Crippen molar-refractivity contribution in [3.63, 3.8) is 0 Å². The number of rotatable bonds is 10. The van der Waals surface area contributed by atoms with Gasteiger partial charge in [0.25, 0.3) is 0 Å². The number of hydrogen-bond donors (Lipinski definition) is 1. The number of nitrogens with one attached hydrogen (secondary N) is 1. The van der Waals surface area contributed by atoms with Crippen molar-refractivity contribution in [1.82, 2.24) is 0 Å². The molecule has 0 aliphatic carbocycles. The van der Waals surface area contributed by atoms with Crippen molar-refractivity contribution >= 4 is 5.69 Å². The summed E-state index contributed by atoms with van der Waals surface area (Å²) in [5.41, 5.74) is 0.168. The van der Waals surface area contributed by atoms with Gasteiger partial charge >= 0.3 is 0 Å². The van der Waals surface area contributed by atoms with E-state index in [4.69, 9.17) is 14.2 Å². The Kier molecular flexibility index (Phi) is 8.01. The van der Waals surface area contributed by atoms with Crippen molar-refractivity contribution in [2.24, 2.45) is 0 Å². The predicted molar refractivity (Wildman–Crippen MR) is 68.3 cm³/mol. The summed E-state index contributed by atoms with van der Waals surface area (Å²) in [4.78, 5) is 0. The molecule has 0 unspecified atom stereocenters. The van der Waals surface area contributed by atoms with Crippen LogP contribution in [0.4, 0.5) is 18.9 Å². The van der Waals surface area contributed by atoms with Crippen LogP contribution in [0.3, 0.4) is 0 Å². The highest BCUT2D eigenvalue weighted by atomic mass is 19.2. The number of hydrogen-bond acceptors (Lipinski definition) is 4. The van der Waals surface area contributed by atoms with Crippen molar-refractivity contribution in [3.8, 4) is 0 Å². The van der Waals surface area contributed by atoms with E-state index in [1.165, 1.54) is 0 Å². The van der Waals surface area contributed by atoms with Crippen LogP contribution in [0.15, 0.2) is 12.1 Å². The van der Waals surface area contributed by atoms with Crippen LogP contribution in [-0.4, -0.2) is 46.7 Å². The molecule has 0 amide bonds. The lowest BCUT2D eigenvalue weighted by molar-refractivity contribution is 0.0272. The average molecular weight is 293 g/mol. The summed E-state index contributed by atoms with van der Waals surface area (Å²) in [6.45, 7) is 2.59. The minimum Gasteiger partial charge on any atom is -0.383 e. The van der Waals surface area contributed by atoms with Gasteiger partial charge < -0.3 is 19.5 Å². The van der Waals surface area contributed by atoms with Crippen LogP contribution >= 0.6 is 0 Å². The molecular formula is C13H18F3NO3. The van der Waals surface area contributed by atoms with E-state index in [1.54, 1.807) is 7.11 Å². The average Bonchev–Trinajstić information content (AvgIpc) is 2.43. The maximum atomic E-state index is 12.9. The fraction of sp³-hybridized carbons (Fsp3) is 0.538. The lowest BCUT2D eigenvalue weighted by Gasteiger charge is -2.08. The van der Waals surface area contributed by atoms with E-state index in [0.29, 0.717) is 39.6 Å². The Hall–Kier alpha value is -1.31. The lowest BCUT2D eigenvalue weighted by Crippen LogP contribution is -2.14. The van der Waals surface area contributed by atoms with Crippen LogP contribution in [-0.2, 0) is 14.2 Å². The van der Waals surface area contributed by atoms with Gasteiger partial charge in [0.2, 0.25) is 0 Å². The van der Waals surface area contributed by atoms with Gasteiger partial charge in [0.1, 0.15) is 0 Å². The zero-order valence-electron chi connectivity index (χ0n) is 11.3. The smallest absolute Gasteiger partial charge is 0.194 e. The highest BCUT2D eigenvalue weighted by Gasteiger charge is 2.09. The number of methoxy groups -OCH3 is 1. The molecule has 7 heteroatoms. The van der Waals surface area contributed by atoms with E-state index in [9.17, 15) is 13.2 Å². The molecule has 0 bridgehead atoms. The summed E-state index contributed by atoms with van der Waals surface area (Å²) in [6, 6.07) is 1.79. The van der Waals surface area contributed by atoms with Crippen LogP contribution in [0.5, 0.6) is 0 Å². The summed E-state index contributed by atoms with van der Waals surface area (Å²) < 4.78 is 53.7. The maximum Gasteiger partial charge on any atom is 0.194 e.